The van der Waals surface area contributed by atoms with Gasteiger partial charge in [-0.1, -0.05) is 13.8 Å². The zero-order valence-electron chi connectivity index (χ0n) is 7.94. The van der Waals surface area contributed by atoms with Gasteiger partial charge in [0.1, 0.15) is 0 Å². The molecule has 0 aliphatic heterocycles. The molecule has 0 aromatic carbocycles. The van der Waals surface area contributed by atoms with Crippen LogP contribution >= 0.6 is 0 Å². The molecule has 76 valence electrons. The molecule has 1 aliphatic rings. The molecule has 1 rings (SSSR count). The molecule has 1 N–H and O–H groups in total. The van der Waals surface area contributed by atoms with E-state index >= 15 is 0 Å². The summed E-state index contributed by atoms with van der Waals surface area (Å²) in [6.45, 7) is 3.96. The van der Waals surface area contributed by atoms with Gasteiger partial charge in [0.15, 0.2) is 0 Å². The van der Waals surface area contributed by atoms with Crippen molar-refractivity contribution >= 4 is 5.91 Å². The summed E-state index contributed by atoms with van der Waals surface area (Å²) in [5, 5.41) is 2.65. The molecule has 0 bridgehead atoms. The van der Waals surface area contributed by atoms with Gasteiger partial charge >= 0.3 is 0 Å². The number of rotatable bonds is 3. The van der Waals surface area contributed by atoms with E-state index in [1.54, 1.807) is 13.8 Å². The van der Waals surface area contributed by atoms with Crippen LogP contribution in [0.5, 0.6) is 0 Å². The lowest BCUT2D eigenvalue weighted by atomic mass is 9.81. The normalized spacial score (nSPS) is 21.3. The van der Waals surface area contributed by atoms with Crippen molar-refractivity contribution in [3.8, 4) is 0 Å². The van der Waals surface area contributed by atoms with Gasteiger partial charge in [0.2, 0.25) is 11.8 Å². The predicted octanol–water partition coefficient (Wildman–Crippen LogP) is 1.80. The average molecular weight is 191 g/mol. The zero-order valence-corrected chi connectivity index (χ0v) is 7.94. The Bertz CT molecular complexity index is 196. The van der Waals surface area contributed by atoms with Gasteiger partial charge in [-0.15, -0.1) is 0 Å². The fourth-order valence-electron chi connectivity index (χ4n) is 1.38. The third kappa shape index (κ3) is 2.94. The molecule has 13 heavy (non-hydrogen) atoms. The SMILES string of the molecule is CC(C)C(=O)NCC1CC(F)(F)C1. The van der Waals surface area contributed by atoms with Gasteiger partial charge in [0, 0.05) is 25.3 Å². The van der Waals surface area contributed by atoms with Crippen molar-refractivity contribution in [2.75, 3.05) is 6.54 Å². The number of nitrogens with one attached hydrogen (secondary N) is 1. The van der Waals surface area contributed by atoms with Crippen LogP contribution < -0.4 is 5.32 Å². The lowest BCUT2D eigenvalue weighted by molar-refractivity contribution is -0.128. The van der Waals surface area contributed by atoms with E-state index in [9.17, 15) is 13.6 Å². The second-order valence-electron chi connectivity index (χ2n) is 4.03. The highest BCUT2D eigenvalue weighted by Gasteiger charge is 2.44. The molecule has 0 heterocycles. The van der Waals surface area contributed by atoms with Crippen molar-refractivity contribution in [1.82, 2.24) is 5.32 Å². The van der Waals surface area contributed by atoms with Gasteiger partial charge < -0.3 is 5.32 Å². The predicted molar refractivity (Wildman–Crippen MR) is 45.5 cm³/mol. The second kappa shape index (κ2) is 3.60. The van der Waals surface area contributed by atoms with E-state index < -0.39 is 5.92 Å². The highest BCUT2D eigenvalue weighted by Crippen LogP contribution is 2.41. The van der Waals surface area contributed by atoms with Crippen molar-refractivity contribution in [1.29, 1.82) is 0 Å². The summed E-state index contributed by atoms with van der Waals surface area (Å²) in [5.41, 5.74) is 0. The molecule has 1 amide bonds. The standard InChI is InChI=1S/C9H15F2NO/c1-6(2)8(13)12-5-7-3-9(10,11)4-7/h6-7H,3-5H2,1-2H3,(H,12,13). The number of hydrogen-bond acceptors (Lipinski definition) is 1. The van der Waals surface area contributed by atoms with E-state index in [1.807, 2.05) is 0 Å². The molecule has 0 unspecified atom stereocenters. The molecule has 1 saturated carbocycles. The minimum absolute atomic E-state index is 0.0299. The van der Waals surface area contributed by atoms with E-state index in [1.165, 1.54) is 0 Å². The quantitative estimate of drug-likeness (QED) is 0.724. The Labute approximate surface area is 76.7 Å². The Morgan fingerprint density at radius 3 is 2.46 bits per heavy atom. The van der Waals surface area contributed by atoms with Crippen molar-refractivity contribution < 1.29 is 13.6 Å². The van der Waals surface area contributed by atoms with Crippen LogP contribution in [-0.4, -0.2) is 18.4 Å². The second-order valence-corrected chi connectivity index (χ2v) is 4.03. The first-order valence-electron chi connectivity index (χ1n) is 4.56. The number of carbonyl (C=O) groups is 1. The molecular formula is C9H15F2NO. The minimum atomic E-state index is -2.48. The highest BCUT2D eigenvalue weighted by molar-refractivity contribution is 5.77. The summed E-state index contributed by atoms with van der Waals surface area (Å²) in [4.78, 5) is 11.1. The zero-order chi connectivity index (χ0) is 10.1. The topological polar surface area (TPSA) is 29.1 Å². The fourth-order valence-corrected chi connectivity index (χ4v) is 1.38. The van der Waals surface area contributed by atoms with Crippen molar-refractivity contribution in [2.24, 2.45) is 11.8 Å². The molecule has 2 nitrogen and oxygen atoms in total. The van der Waals surface area contributed by atoms with E-state index in [2.05, 4.69) is 5.32 Å². The largest absolute Gasteiger partial charge is 0.356 e. The first-order chi connectivity index (χ1) is 5.91. The number of alkyl halides is 2. The summed E-state index contributed by atoms with van der Waals surface area (Å²) in [5.74, 6) is -2.64. The van der Waals surface area contributed by atoms with Crippen LogP contribution in [0.2, 0.25) is 0 Å². The van der Waals surface area contributed by atoms with Crippen molar-refractivity contribution in [2.45, 2.75) is 32.6 Å². The van der Waals surface area contributed by atoms with Crippen LogP contribution in [-0.2, 0) is 4.79 Å². The van der Waals surface area contributed by atoms with Crippen LogP contribution in [0.4, 0.5) is 8.78 Å². The summed E-state index contributed by atoms with van der Waals surface area (Å²) in [7, 11) is 0. The number of amides is 1. The van der Waals surface area contributed by atoms with E-state index in [-0.39, 0.29) is 30.6 Å². The molecule has 0 atom stereocenters. The maximum absolute atomic E-state index is 12.4. The lowest BCUT2D eigenvalue weighted by Crippen LogP contribution is -2.43. The van der Waals surface area contributed by atoms with Crippen LogP contribution in [0.25, 0.3) is 0 Å². The molecule has 0 aromatic rings. The Hall–Kier alpha value is -0.670. The third-order valence-electron chi connectivity index (χ3n) is 2.26. The summed E-state index contributed by atoms with van der Waals surface area (Å²) in [6, 6.07) is 0. The average Bonchev–Trinajstić information content (AvgIpc) is 1.95. The van der Waals surface area contributed by atoms with Gasteiger partial charge in [-0.3, -0.25) is 4.79 Å². The van der Waals surface area contributed by atoms with Gasteiger partial charge in [-0.2, -0.15) is 0 Å². The Morgan fingerprint density at radius 1 is 1.54 bits per heavy atom. The first-order valence-corrected chi connectivity index (χ1v) is 4.56. The first kappa shape index (κ1) is 10.4. The molecule has 0 radical (unpaired) electrons. The molecule has 1 fully saturated rings. The smallest absolute Gasteiger partial charge is 0.248 e. The molecular weight excluding hydrogens is 176 g/mol. The fraction of sp³-hybridized carbons (Fsp3) is 0.889. The monoisotopic (exact) mass is 191 g/mol. The van der Waals surface area contributed by atoms with Crippen molar-refractivity contribution in [3.63, 3.8) is 0 Å². The minimum Gasteiger partial charge on any atom is -0.356 e. The maximum Gasteiger partial charge on any atom is 0.248 e. The molecule has 0 saturated heterocycles. The number of halogens is 2. The third-order valence-corrected chi connectivity index (χ3v) is 2.26. The number of carbonyl (C=O) groups excluding carboxylic acids is 1. The van der Waals surface area contributed by atoms with Crippen LogP contribution in [0.15, 0.2) is 0 Å². The summed E-state index contributed by atoms with van der Waals surface area (Å²) < 4.78 is 24.7. The highest BCUT2D eigenvalue weighted by atomic mass is 19.3. The van der Waals surface area contributed by atoms with E-state index in [4.69, 9.17) is 0 Å². The Morgan fingerprint density at radius 2 is 2.08 bits per heavy atom. The van der Waals surface area contributed by atoms with Crippen LogP contribution in [0.1, 0.15) is 26.7 Å². The molecule has 0 aromatic heterocycles. The van der Waals surface area contributed by atoms with Crippen LogP contribution in [0.3, 0.4) is 0 Å². The Balaban J connectivity index is 2.12. The van der Waals surface area contributed by atoms with Gasteiger partial charge in [-0.05, 0) is 5.92 Å². The maximum atomic E-state index is 12.4. The Kier molecular flexibility index (Phi) is 2.88. The van der Waals surface area contributed by atoms with Crippen molar-refractivity contribution in [3.05, 3.63) is 0 Å². The summed E-state index contributed by atoms with van der Waals surface area (Å²) in [6.07, 6.45) is -0.156. The van der Waals surface area contributed by atoms with Gasteiger partial charge in [-0.25, -0.2) is 8.78 Å². The summed E-state index contributed by atoms with van der Waals surface area (Å²) >= 11 is 0. The molecule has 0 spiro atoms. The van der Waals surface area contributed by atoms with Gasteiger partial charge in [0.05, 0.1) is 0 Å². The number of hydrogen-bond donors (Lipinski definition) is 1. The van der Waals surface area contributed by atoms with E-state index in [0.717, 1.165) is 0 Å². The molecule has 1 aliphatic carbocycles. The van der Waals surface area contributed by atoms with E-state index in [0.29, 0.717) is 6.54 Å². The lowest BCUT2D eigenvalue weighted by Gasteiger charge is -2.35. The van der Waals surface area contributed by atoms with Gasteiger partial charge in [0.25, 0.3) is 0 Å². The van der Waals surface area contributed by atoms with Crippen LogP contribution in [0, 0.1) is 11.8 Å². The molecule has 4 heteroatoms.